The van der Waals surface area contributed by atoms with E-state index in [1.807, 2.05) is 0 Å². The van der Waals surface area contributed by atoms with Crippen molar-refractivity contribution in [3.05, 3.63) is 33.2 Å². The minimum absolute atomic E-state index is 0.198. The fourth-order valence-corrected chi connectivity index (χ4v) is 1.77. The van der Waals surface area contributed by atoms with Crippen LogP contribution in [0.2, 0.25) is 0 Å². The highest BCUT2D eigenvalue weighted by atomic mass is 127. The van der Waals surface area contributed by atoms with E-state index in [1.54, 1.807) is 22.9 Å². The summed E-state index contributed by atoms with van der Waals surface area (Å²) in [4.78, 5) is 30.8. The first kappa shape index (κ1) is 9.31. The minimum Gasteiger partial charge on any atom is -0.267 e. The van der Waals surface area contributed by atoms with Gasteiger partial charge in [0.05, 0.1) is 22.9 Å². The largest absolute Gasteiger partial charge is 0.341 e. The van der Waals surface area contributed by atoms with Crippen molar-refractivity contribution < 1.29 is 0 Å². The molecule has 2 rings (SSSR count). The van der Waals surface area contributed by atoms with Crippen molar-refractivity contribution >= 4 is 34.0 Å². The Bertz CT molecular complexity index is 615. The smallest absolute Gasteiger partial charge is 0.267 e. The molecule has 0 fully saturated rings. The summed E-state index contributed by atoms with van der Waals surface area (Å²) in [5, 5.41) is 0. The highest BCUT2D eigenvalue weighted by Gasteiger charge is 2.09. The van der Waals surface area contributed by atoms with Crippen LogP contribution in [-0.2, 0) is 7.05 Å². The van der Waals surface area contributed by atoms with E-state index in [0.717, 1.165) is 4.57 Å². The molecule has 0 N–H and O–H groups in total. The van der Waals surface area contributed by atoms with Crippen LogP contribution >= 0.6 is 22.9 Å². The summed E-state index contributed by atoms with van der Waals surface area (Å²) >= 11 is 1.79. The van der Waals surface area contributed by atoms with Gasteiger partial charge in [-0.3, -0.25) is 9.36 Å². The van der Waals surface area contributed by atoms with Crippen LogP contribution in [0, 0.1) is 0 Å². The van der Waals surface area contributed by atoms with Crippen molar-refractivity contribution in [1.29, 1.82) is 0 Å². The summed E-state index contributed by atoms with van der Waals surface area (Å²) in [5.74, 6) is 0. The van der Waals surface area contributed by atoms with Gasteiger partial charge in [-0.2, -0.15) is 0 Å². The lowest BCUT2D eigenvalue weighted by molar-refractivity contribution is 0.780. The third-order valence-corrected chi connectivity index (χ3v) is 2.70. The van der Waals surface area contributed by atoms with Crippen LogP contribution in [0.15, 0.2) is 22.0 Å². The molecule has 72 valence electrons. The van der Waals surface area contributed by atoms with Crippen LogP contribution in [0.3, 0.4) is 0 Å². The van der Waals surface area contributed by atoms with Crippen LogP contribution in [0.1, 0.15) is 0 Å². The van der Waals surface area contributed by atoms with Gasteiger partial charge in [0.2, 0.25) is 0 Å². The van der Waals surface area contributed by atoms with Crippen LogP contribution < -0.4 is 11.2 Å². The summed E-state index contributed by atoms with van der Waals surface area (Å²) in [6, 6.07) is 0. The standard InChI is InChI=1S/C7H5IN4O2/c1-11-6(13)4-5(10-3-2-9-4)12(8)7(11)14/h2-3H,1H3. The van der Waals surface area contributed by atoms with Crippen molar-refractivity contribution in [3.63, 3.8) is 0 Å². The van der Waals surface area contributed by atoms with Crippen LogP contribution in [-0.4, -0.2) is 17.3 Å². The van der Waals surface area contributed by atoms with Gasteiger partial charge in [-0.05, 0) is 0 Å². The van der Waals surface area contributed by atoms with Crippen molar-refractivity contribution in [1.82, 2.24) is 17.3 Å². The molecule has 6 nitrogen and oxygen atoms in total. The first-order chi connectivity index (χ1) is 6.63. The third-order valence-electron chi connectivity index (χ3n) is 1.83. The molecule has 14 heavy (non-hydrogen) atoms. The summed E-state index contributed by atoms with van der Waals surface area (Å²) in [6.45, 7) is 0. The fourth-order valence-electron chi connectivity index (χ4n) is 1.09. The Balaban J connectivity index is 3.19. The van der Waals surface area contributed by atoms with E-state index in [2.05, 4.69) is 9.97 Å². The topological polar surface area (TPSA) is 69.8 Å². The van der Waals surface area contributed by atoms with Crippen molar-refractivity contribution in [3.8, 4) is 0 Å². The molecule has 2 aromatic heterocycles. The molecule has 0 aliphatic heterocycles. The van der Waals surface area contributed by atoms with Crippen LogP contribution in [0.4, 0.5) is 0 Å². The molecule has 0 aromatic carbocycles. The fraction of sp³-hybridized carbons (Fsp3) is 0.143. The maximum Gasteiger partial charge on any atom is 0.341 e. The van der Waals surface area contributed by atoms with E-state index in [9.17, 15) is 9.59 Å². The zero-order chi connectivity index (χ0) is 10.3. The van der Waals surface area contributed by atoms with Gasteiger partial charge < -0.3 is 0 Å². The van der Waals surface area contributed by atoms with Gasteiger partial charge in [0.1, 0.15) is 0 Å². The number of fused-ring (bicyclic) bond motifs is 1. The Hall–Kier alpha value is -1.25. The highest BCUT2D eigenvalue weighted by molar-refractivity contribution is 14.1. The molecule has 0 atom stereocenters. The van der Waals surface area contributed by atoms with Crippen molar-refractivity contribution in [2.75, 3.05) is 0 Å². The maximum atomic E-state index is 11.5. The van der Waals surface area contributed by atoms with E-state index >= 15 is 0 Å². The van der Waals surface area contributed by atoms with Gasteiger partial charge in [0, 0.05) is 19.4 Å². The lowest BCUT2D eigenvalue weighted by atomic mass is 10.5. The lowest BCUT2D eigenvalue weighted by Crippen LogP contribution is -2.35. The first-order valence-corrected chi connectivity index (χ1v) is 4.68. The number of aromatic nitrogens is 4. The second-order valence-electron chi connectivity index (χ2n) is 2.66. The second-order valence-corrected chi connectivity index (χ2v) is 3.62. The molecule has 0 saturated carbocycles. The van der Waals surface area contributed by atoms with Crippen molar-refractivity contribution in [2.45, 2.75) is 0 Å². The number of nitrogens with zero attached hydrogens (tertiary/aromatic N) is 4. The predicted molar refractivity (Wildman–Crippen MR) is 58.5 cm³/mol. The lowest BCUT2D eigenvalue weighted by Gasteiger charge is -2.02. The van der Waals surface area contributed by atoms with Gasteiger partial charge >= 0.3 is 5.69 Å². The zero-order valence-electron chi connectivity index (χ0n) is 7.14. The number of hydrogen-bond donors (Lipinski definition) is 0. The van der Waals surface area contributed by atoms with Gasteiger partial charge in [-0.1, -0.05) is 0 Å². The second kappa shape index (κ2) is 3.15. The number of rotatable bonds is 0. The molecule has 0 aliphatic carbocycles. The Morgan fingerprint density at radius 1 is 1.29 bits per heavy atom. The van der Waals surface area contributed by atoms with Gasteiger partial charge in [-0.25, -0.2) is 17.5 Å². The molecule has 0 radical (unpaired) electrons. The third kappa shape index (κ3) is 1.15. The molecular weight excluding hydrogens is 299 g/mol. The van der Waals surface area contributed by atoms with Gasteiger partial charge in [0.25, 0.3) is 5.56 Å². The minimum atomic E-state index is -0.425. The number of halogens is 1. The summed E-state index contributed by atoms with van der Waals surface area (Å²) in [5.41, 5.74) is -0.347. The van der Waals surface area contributed by atoms with Gasteiger partial charge in [-0.15, -0.1) is 0 Å². The average molecular weight is 304 g/mol. The predicted octanol–water partition coefficient (Wildman–Crippen LogP) is -0.312. The summed E-state index contributed by atoms with van der Waals surface area (Å²) in [7, 11) is 1.41. The molecule has 0 saturated heterocycles. The van der Waals surface area contributed by atoms with Crippen LogP contribution in [0.25, 0.3) is 11.2 Å². The van der Waals surface area contributed by atoms with E-state index < -0.39 is 11.2 Å². The molecule has 0 amide bonds. The molecule has 0 bridgehead atoms. The summed E-state index contributed by atoms with van der Waals surface area (Å²) in [6.07, 6.45) is 2.86. The number of hydrogen-bond acceptors (Lipinski definition) is 4. The highest BCUT2D eigenvalue weighted by Crippen LogP contribution is 2.01. The Morgan fingerprint density at radius 2 is 1.93 bits per heavy atom. The van der Waals surface area contributed by atoms with E-state index in [4.69, 9.17) is 0 Å². The monoisotopic (exact) mass is 304 g/mol. The molecule has 2 heterocycles. The maximum absolute atomic E-state index is 11.5. The molecule has 0 aliphatic rings. The molecule has 7 heteroatoms. The SMILES string of the molecule is Cn1c(=O)c2nccnc2n(I)c1=O. The molecule has 0 spiro atoms. The van der Waals surface area contributed by atoms with Crippen LogP contribution in [0.5, 0.6) is 0 Å². The normalized spacial score (nSPS) is 10.7. The average Bonchev–Trinajstić information content (AvgIpc) is 2.23. The van der Waals surface area contributed by atoms with E-state index in [1.165, 1.54) is 22.2 Å². The molecular formula is C7H5IN4O2. The summed E-state index contributed by atoms with van der Waals surface area (Å²) < 4.78 is 2.27. The Kier molecular flexibility index (Phi) is 2.10. The quantitative estimate of drug-likeness (QED) is 0.626. The first-order valence-electron chi connectivity index (χ1n) is 3.72. The van der Waals surface area contributed by atoms with Crippen molar-refractivity contribution in [2.24, 2.45) is 7.05 Å². The van der Waals surface area contributed by atoms with E-state index in [-0.39, 0.29) is 5.52 Å². The molecule has 0 unspecified atom stereocenters. The van der Waals surface area contributed by atoms with Gasteiger partial charge in [0.15, 0.2) is 11.2 Å². The van der Waals surface area contributed by atoms with E-state index in [0.29, 0.717) is 5.65 Å². The molecule has 2 aromatic rings. The Labute approximate surface area is 91.7 Å². The Morgan fingerprint density at radius 3 is 2.64 bits per heavy atom. The zero-order valence-corrected chi connectivity index (χ0v) is 9.30.